The molecule has 1 radical (unpaired) electrons. The standard InChI is InChI=1S/C4H7.2CH4.CH3.Y/c1-3-4-2;;;;/h3-4H,1H2,2H3;2*1H4;1H3;/q-1;;;-1;/b4-3-;;;;. The maximum atomic E-state index is 3.42. The SMILES string of the molecule is C.C.[CH2-]/C=C\C.[CH3-].[Y]. The van der Waals surface area contributed by atoms with Crippen LogP contribution in [0.1, 0.15) is 21.8 Å². The van der Waals surface area contributed by atoms with Crippen LogP contribution in [0, 0.1) is 14.4 Å². The molecular formula is C7H18Y-2. The van der Waals surface area contributed by atoms with E-state index in [0.29, 0.717) is 0 Å². The molecule has 0 fully saturated rings. The van der Waals surface area contributed by atoms with Crippen molar-refractivity contribution in [2.45, 2.75) is 21.8 Å². The molecular weight excluding hydrogens is 173 g/mol. The van der Waals surface area contributed by atoms with E-state index in [1.54, 1.807) is 6.08 Å². The Labute approximate surface area is 80.6 Å². The fraction of sp³-hybridized carbons (Fsp3) is 0.429. The van der Waals surface area contributed by atoms with E-state index in [2.05, 4.69) is 6.92 Å². The van der Waals surface area contributed by atoms with Crippen molar-refractivity contribution in [1.82, 2.24) is 0 Å². The monoisotopic (exact) mass is 191 g/mol. The van der Waals surface area contributed by atoms with Crippen molar-refractivity contribution in [3.8, 4) is 0 Å². The van der Waals surface area contributed by atoms with Gasteiger partial charge < -0.3 is 7.43 Å². The number of hydrogen-bond acceptors (Lipinski definition) is 0. The van der Waals surface area contributed by atoms with Crippen LogP contribution in [-0.4, -0.2) is 0 Å². The van der Waals surface area contributed by atoms with Gasteiger partial charge in [-0.25, -0.2) is 19.1 Å². The zero-order valence-electron chi connectivity index (χ0n) is 4.44. The maximum Gasteiger partial charge on any atom is 0 e. The summed E-state index contributed by atoms with van der Waals surface area (Å²) in [6, 6.07) is 0. The van der Waals surface area contributed by atoms with Gasteiger partial charge in [-0.1, -0.05) is 14.9 Å². The molecule has 0 nitrogen and oxygen atoms in total. The third kappa shape index (κ3) is 74.6. The van der Waals surface area contributed by atoms with Gasteiger partial charge in [-0.3, -0.25) is 0 Å². The molecule has 0 saturated carbocycles. The Morgan fingerprint density at radius 1 is 1.25 bits per heavy atom. The van der Waals surface area contributed by atoms with Gasteiger partial charge >= 0.3 is 0 Å². The summed E-state index contributed by atoms with van der Waals surface area (Å²) in [5.74, 6) is 0. The van der Waals surface area contributed by atoms with Gasteiger partial charge in [-0.2, -0.15) is 0 Å². The van der Waals surface area contributed by atoms with Gasteiger partial charge in [0.25, 0.3) is 0 Å². The fourth-order valence-corrected chi connectivity index (χ4v) is 0. The summed E-state index contributed by atoms with van der Waals surface area (Å²) in [4.78, 5) is 0. The van der Waals surface area contributed by atoms with Crippen molar-refractivity contribution in [2.24, 2.45) is 0 Å². The average Bonchev–Trinajstić information content (AvgIpc) is 1.37. The van der Waals surface area contributed by atoms with Crippen molar-refractivity contribution in [2.75, 3.05) is 0 Å². The van der Waals surface area contributed by atoms with Gasteiger partial charge in [-0.15, -0.1) is 6.92 Å². The zero-order valence-corrected chi connectivity index (χ0v) is 7.28. The number of allylic oxidation sites excluding steroid dienone is 2. The average molecular weight is 191 g/mol. The van der Waals surface area contributed by atoms with E-state index in [0.717, 1.165) is 0 Å². The van der Waals surface area contributed by atoms with Crippen molar-refractivity contribution < 1.29 is 32.7 Å². The number of rotatable bonds is 0. The maximum absolute atomic E-state index is 3.42. The van der Waals surface area contributed by atoms with Crippen LogP contribution in [0.15, 0.2) is 12.2 Å². The first kappa shape index (κ1) is 37.6. The molecule has 0 heterocycles. The molecule has 0 aliphatic carbocycles. The van der Waals surface area contributed by atoms with E-state index in [1.807, 2.05) is 13.0 Å². The third-order valence-corrected chi connectivity index (χ3v) is 0.236. The summed E-state index contributed by atoms with van der Waals surface area (Å²) in [5.41, 5.74) is 0. The first-order chi connectivity index (χ1) is 1.91. The van der Waals surface area contributed by atoms with Crippen LogP contribution in [0.2, 0.25) is 0 Å². The molecule has 1 heteroatoms. The van der Waals surface area contributed by atoms with Gasteiger partial charge in [0.2, 0.25) is 0 Å². The van der Waals surface area contributed by atoms with Gasteiger partial charge in [0.1, 0.15) is 0 Å². The predicted molar refractivity (Wildman–Crippen MR) is 40.0 cm³/mol. The Bertz CT molecular complexity index is 19.6. The molecule has 0 aromatic carbocycles. The molecule has 0 saturated heterocycles. The molecule has 0 unspecified atom stereocenters. The van der Waals surface area contributed by atoms with E-state index in [-0.39, 0.29) is 55.0 Å². The normalized spacial score (nSPS) is 4.62. The summed E-state index contributed by atoms with van der Waals surface area (Å²) >= 11 is 0. The first-order valence-electron chi connectivity index (χ1n) is 1.32. The summed E-state index contributed by atoms with van der Waals surface area (Å²) in [6.07, 6.45) is 3.64. The second-order valence-electron chi connectivity index (χ2n) is 0.569. The van der Waals surface area contributed by atoms with Crippen LogP contribution in [0.5, 0.6) is 0 Å². The van der Waals surface area contributed by atoms with Gasteiger partial charge in [0.15, 0.2) is 0 Å². The van der Waals surface area contributed by atoms with Crippen LogP contribution in [-0.2, 0) is 32.7 Å². The summed E-state index contributed by atoms with van der Waals surface area (Å²) < 4.78 is 0. The van der Waals surface area contributed by atoms with Crippen LogP contribution < -0.4 is 0 Å². The Balaban J connectivity index is -0.00000000750. The van der Waals surface area contributed by atoms with Crippen LogP contribution in [0.25, 0.3) is 0 Å². The third-order valence-electron chi connectivity index (χ3n) is 0.236. The minimum Gasteiger partial charge on any atom is -0.358 e. The Kier molecular flexibility index (Phi) is 222. The smallest absolute Gasteiger partial charge is 0 e. The second-order valence-corrected chi connectivity index (χ2v) is 0.569. The van der Waals surface area contributed by atoms with Crippen LogP contribution in [0.3, 0.4) is 0 Å². The summed E-state index contributed by atoms with van der Waals surface area (Å²) in [7, 11) is 0. The van der Waals surface area contributed by atoms with Crippen molar-refractivity contribution in [1.29, 1.82) is 0 Å². The molecule has 0 bridgehead atoms. The topological polar surface area (TPSA) is 0 Å². The van der Waals surface area contributed by atoms with Crippen molar-refractivity contribution >= 4 is 0 Å². The summed E-state index contributed by atoms with van der Waals surface area (Å²) in [5, 5.41) is 0. The van der Waals surface area contributed by atoms with E-state index in [4.69, 9.17) is 0 Å². The van der Waals surface area contributed by atoms with E-state index in [1.165, 1.54) is 0 Å². The van der Waals surface area contributed by atoms with Crippen molar-refractivity contribution in [3.63, 3.8) is 0 Å². The molecule has 0 amide bonds. The Hall–Kier alpha value is 0.714. The molecule has 0 aliphatic heterocycles. The van der Waals surface area contributed by atoms with Gasteiger partial charge in [0.05, 0.1) is 0 Å². The van der Waals surface area contributed by atoms with Crippen LogP contribution in [0.4, 0.5) is 0 Å². The molecule has 0 spiro atoms. The first-order valence-corrected chi connectivity index (χ1v) is 1.32. The Morgan fingerprint density at radius 2 is 1.38 bits per heavy atom. The second kappa shape index (κ2) is 47.2. The van der Waals surface area contributed by atoms with Crippen LogP contribution >= 0.6 is 0 Å². The molecule has 0 atom stereocenters. The molecule has 0 aliphatic rings. The minimum atomic E-state index is 0. The molecule has 0 aromatic heterocycles. The van der Waals surface area contributed by atoms with E-state index < -0.39 is 0 Å². The van der Waals surface area contributed by atoms with Crippen molar-refractivity contribution in [3.05, 3.63) is 26.5 Å². The predicted octanol–water partition coefficient (Wildman–Crippen LogP) is 3.12. The zero-order chi connectivity index (χ0) is 3.41. The van der Waals surface area contributed by atoms with E-state index in [9.17, 15) is 0 Å². The molecule has 8 heavy (non-hydrogen) atoms. The summed E-state index contributed by atoms with van der Waals surface area (Å²) in [6.45, 7) is 5.36. The number of hydrogen-bond donors (Lipinski definition) is 0. The minimum absolute atomic E-state index is 0. The fourth-order valence-electron chi connectivity index (χ4n) is 0. The van der Waals surface area contributed by atoms with Gasteiger partial charge in [-0.05, 0) is 0 Å². The van der Waals surface area contributed by atoms with E-state index >= 15 is 0 Å². The molecule has 51 valence electrons. The molecule has 0 aromatic rings. The largest absolute Gasteiger partial charge is 0.358 e. The molecule has 0 N–H and O–H groups in total. The Morgan fingerprint density at radius 3 is 1.38 bits per heavy atom. The van der Waals surface area contributed by atoms with Gasteiger partial charge in [0, 0.05) is 32.7 Å². The molecule has 0 rings (SSSR count). The quantitative estimate of drug-likeness (QED) is 0.516.